The Balaban J connectivity index is 3.01. The van der Waals surface area contributed by atoms with Gasteiger partial charge < -0.3 is 10.5 Å². The first kappa shape index (κ1) is 8.43. The maximum absolute atomic E-state index is 10.1. The maximum Gasteiger partial charge on any atom is 0.219 e. The summed E-state index contributed by atoms with van der Waals surface area (Å²) >= 11 is 0. The third kappa shape index (κ3) is 7.43. The van der Waals surface area contributed by atoms with Crippen molar-refractivity contribution in [2.45, 2.75) is 26.4 Å². The molecule has 3 nitrogen and oxygen atoms in total. The Hall–Kier alpha value is -0.570. The van der Waals surface area contributed by atoms with E-state index in [2.05, 4.69) is 0 Å². The third-order valence-electron chi connectivity index (χ3n) is 0.800. The summed E-state index contributed by atoms with van der Waals surface area (Å²) in [5, 5.41) is 0. The van der Waals surface area contributed by atoms with E-state index in [0.29, 0.717) is 13.0 Å². The molecule has 0 aromatic carbocycles. The van der Waals surface area contributed by atoms with Crippen molar-refractivity contribution >= 4 is 5.91 Å². The average molecular weight is 131 g/mol. The molecule has 0 heterocycles. The molecule has 54 valence electrons. The molecule has 0 rings (SSSR count). The molecule has 0 bridgehead atoms. The number of primary amides is 1. The van der Waals surface area contributed by atoms with E-state index in [1.54, 1.807) is 0 Å². The summed E-state index contributed by atoms with van der Waals surface area (Å²) in [6, 6.07) is 0. The second kappa shape index (κ2) is 4.32. The fourth-order valence-corrected chi connectivity index (χ4v) is 0.395. The van der Waals surface area contributed by atoms with E-state index < -0.39 is 0 Å². The highest BCUT2D eigenvalue weighted by atomic mass is 16.5. The molecule has 0 aliphatic carbocycles. The van der Waals surface area contributed by atoms with Crippen molar-refractivity contribution in [3.63, 3.8) is 0 Å². The summed E-state index contributed by atoms with van der Waals surface area (Å²) in [5.74, 6) is -0.310. The van der Waals surface area contributed by atoms with Crippen molar-refractivity contribution in [3.05, 3.63) is 0 Å². The van der Waals surface area contributed by atoms with Crippen LogP contribution in [0.25, 0.3) is 0 Å². The molecule has 2 N–H and O–H groups in total. The lowest BCUT2D eigenvalue weighted by atomic mass is 10.4. The number of ether oxygens (including phenoxy) is 1. The largest absolute Gasteiger partial charge is 0.378 e. The van der Waals surface area contributed by atoms with E-state index in [0.717, 1.165) is 0 Å². The van der Waals surface area contributed by atoms with Crippen LogP contribution in [-0.4, -0.2) is 18.6 Å². The summed E-state index contributed by atoms with van der Waals surface area (Å²) in [5.41, 5.74) is 4.86. The molecule has 0 atom stereocenters. The van der Waals surface area contributed by atoms with Crippen LogP contribution < -0.4 is 5.73 Å². The molecule has 0 aliphatic heterocycles. The lowest BCUT2D eigenvalue weighted by molar-refractivity contribution is -0.119. The van der Waals surface area contributed by atoms with Gasteiger partial charge in [0.15, 0.2) is 0 Å². The van der Waals surface area contributed by atoms with Gasteiger partial charge in [0.1, 0.15) is 0 Å². The van der Waals surface area contributed by atoms with Gasteiger partial charge >= 0.3 is 0 Å². The first-order valence-electron chi connectivity index (χ1n) is 3.03. The van der Waals surface area contributed by atoms with Gasteiger partial charge in [0, 0.05) is 6.42 Å². The van der Waals surface area contributed by atoms with Crippen molar-refractivity contribution in [2.24, 2.45) is 5.73 Å². The van der Waals surface area contributed by atoms with Crippen LogP contribution in [0.4, 0.5) is 0 Å². The second-order valence-corrected chi connectivity index (χ2v) is 2.14. The predicted molar refractivity (Wildman–Crippen MR) is 34.9 cm³/mol. The molecule has 0 unspecified atom stereocenters. The van der Waals surface area contributed by atoms with E-state index in [4.69, 9.17) is 10.5 Å². The van der Waals surface area contributed by atoms with E-state index >= 15 is 0 Å². The van der Waals surface area contributed by atoms with Gasteiger partial charge in [-0.15, -0.1) is 0 Å². The van der Waals surface area contributed by atoms with Crippen molar-refractivity contribution in [2.75, 3.05) is 6.61 Å². The van der Waals surface area contributed by atoms with Gasteiger partial charge in [-0.1, -0.05) is 0 Å². The van der Waals surface area contributed by atoms with Crippen molar-refractivity contribution in [1.82, 2.24) is 0 Å². The van der Waals surface area contributed by atoms with Gasteiger partial charge in [0.05, 0.1) is 12.7 Å². The fourth-order valence-electron chi connectivity index (χ4n) is 0.395. The number of nitrogens with two attached hydrogens (primary N) is 1. The van der Waals surface area contributed by atoms with Crippen LogP contribution in [0.5, 0.6) is 0 Å². The van der Waals surface area contributed by atoms with Crippen LogP contribution in [0, 0.1) is 0 Å². The quantitative estimate of drug-likeness (QED) is 0.596. The summed E-state index contributed by atoms with van der Waals surface area (Å²) in [6.45, 7) is 4.27. The molecule has 3 heteroatoms. The van der Waals surface area contributed by atoms with E-state index in [1.165, 1.54) is 0 Å². The summed E-state index contributed by atoms with van der Waals surface area (Å²) in [7, 11) is 0. The number of hydrogen-bond donors (Lipinski definition) is 1. The van der Waals surface area contributed by atoms with Gasteiger partial charge in [-0.05, 0) is 13.8 Å². The monoisotopic (exact) mass is 131 g/mol. The Morgan fingerprint density at radius 2 is 2.22 bits per heavy atom. The lowest BCUT2D eigenvalue weighted by Gasteiger charge is -2.04. The minimum absolute atomic E-state index is 0.185. The molecule has 0 aromatic rings. The Morgan fingerprint density at radius 1 is 1.67 bits per heavy atom. The van der Waals surface area contributed by atoms with Crippen LogP contribution in [0.15, 0.2) is 0 Å². The number of carbonyl (C=O) groups excluding carboxylic acids is 1. The fraction of sp³-hybridized carbons (Fsp3) is 0.833. The molecule has 0 aliphatic rings. The zero-order valence-electron chi connectivity index (χ0n) is 5.89. The summed E-state index contributed by atoms with van der Waals surface area (Å²) in [6.07, 6.45) is 0.502. The summed E-state index contributed by atoms with van der Waals surface area (Å²) in [4.78, 5) is 10.1. The van der Waals surface area contributed by atoms with E-state index in [-0.39, 0.29) is 12.0 Å². The first-order chi connectivity index (χ1) is 4.13. The minimum Gasteiger partial charge on any atom is -0.378 e. The van der Waals surface area contributed by atoms with E-state index in [1.807, 2.05) is 13.8 Å². The Bertz CT molecular complexity index is 91.1. The van der Waals surface area contributed by atoms with Crippen LogP contribution in [-0.2, 0) is 9.53 Å². The standard InChI is InChI=1S/C6H13NO2/c1-5(2)9-4-3-6(7)8/h5H,3-4H2,1-2H3,(H2,7,8). The van der Waals surface area contributed by atoms with Crippen LogP contribution in [0.2, 0.25) is 0 Å². The highest BCUT2D eigenvalue weighted by Crippen LogP contribution is 1.88. The smallest absolute Gasteiger partial charge is 0.219 e. The molecule has 1 amide bonds. The SMILES string of the molecule is CC(C)OCCC(N)=O. The highest BCUT2D eigenvalue weighted by Gasteiger charge is 1.95. The molecule has 0 saturated carbocycles. The normalized spacial score (nSPS) is 10.1. The average Bonchev–Trinajstić information content (AvgIpc) is 1.63. The van der Waals surface area contributed by atoms with E-state index in [9.17, 15) is 4.79 Å². The van der Waals surface area contributed by atoms with Gasteiger partial charge in [-0.25, -0.2) is 0 Å². The lowest BCUT2D eigenvalue weighted by Crippen LogP contribution is -2.15. The minimum atomic E-state index is -0.310. The second-order valence-electron chi connectivity index (χ2n) is 2.14. The topological polar surface area (TPSA) is 52.3 Å². The molecular formula is C6H13NO2. The van der Waals surface area contributed by atoms with Gasteiger partial charge in [0.25, 0.3) is 0 Å². The molecule has 0 radical (unpaired) electrons. The molecule has 9 heavy (non-hydrogen) atoms. The number of hydrogen-bond acceptors (Lipinski definition) is 2. The Labute approximate surface area is 55.2 Å². The van der Waals surface area contributed by atoms with Gasteiger partial charge in [0.2, 0.25) is 5.91 Å². The van der Waals surface area contributed by atoms with Crippen LogP contribution >= 0.6 is 0 Å². The molecule has 0 spiro atoms. The summed E-state index contributed by atoms with van der Waals surface area (Å²) < 4.78 is 5.05. The van der Waals surface area contributed by atoms with Crippen LogP contribution in [0.3, 0.4) is 0 Å². The number of rotatable bonds is 4. The number of amides is 1. The third-order valence-corrected chi connectivity index (χ3v) is 0.800. The predicted octanol–water partition coefficient (Wildman–Crippen LogP) is 0.287. The van der Waals surface area contributed by atoms with Crippen LogP contribution in [0.1, 0.15) is 20.3 Å². The zero-order valence-corrected chi connectivity index (χ0v) is 5.89. The van der Waals surface area contributed by atoms with Gasteiger partial charge in [-0.2, -0.15) is 0 Å². The Morgan fingerprint density at radius 3 is 2.56 bits per heavy atom. The van der Waals surface area contributed by atoms with Gasteiger partial charge in [-0.3, -0.25) is 4.79 Å². The zero-order chi connectivity index (χ0) is 7.28. The first-order valence-corrected chi connectivity index (χ1v) is 3.03. The highest BCUT2D eigenvalue weighted by molar-refractivity contribution is 5.73. The molecular weight excluding hydrogens is 118 g/mol. The van der Waals surface area contributed by atoms with Crippen molar-refractivity contribution < 1.29 is 9.53 Å². The number of carbonyl (C=O) groups is 1. The maximum atomic E-state index is 10.1. The van der Waals surface area contributed by atoms with Crippen molar-refractivity contribution in [1.29, 1.82) is 0 Å². The molecule has 0 fully saturated rings. The Kier molecular flexibility index (Phi) is 4.05. The molecule has 0 aromatic heterocycles. The molecule has 0 saturated heterocycles. The van der Waals surface area contributed by atoms with Crippen molar-refractivity contribution in [3.8, 4) is 0 Å².